The average molecular weight is 1250 g/mol. The number of piperazine rings is 1. The van der Waals surface area contributed by atoms with E-state index in [1.807, 2.05) is 80.3 Å². The van der Waals surface area contributed by atoms with Crippen LogP contribution in [0, 0.1) is 24.1 Å². The zero-order valence-corrected chi connectivity index (χ0v) is 52.1. The number of halogens is 2. The van der Waals surface area contributed by atoms with Crippen molar-refractivity contribution in [1.82, 2.24) is 39.7 Å². The molecule has 2 saturated heterocycles. The van der Waals surface area contributed by atoms with Crippen molar-refractivity contribution >= 4 is 52.7 Å². The highest BCUT2D eigenvalue weighted by Gasteiger charge is 2.46. The maximum Gasteiger partial charge on any atom is 0.326 e. The average Bonchev–Trinajstić information content (AvgIpc) is 1.58. The molecule has 3 atom stereocenters. The second kappa shape index (κ2) is 29.8. The minimum atomic E-state index is -0.584. The molecule has 10 rings (SSSR count). The summed E-state index contributed by atoms with van der Waals surface area (Å²) in [6, 6.07) is 27.6. The molecule has 2 aromatic heterocycles. The number of nitriles is 1. The van der Waals surface area contributed by atoms with E-state index in [2.05, 4.69) is 21.5 Å². The van der Waals surface area contributed by atoms with Gasteiger partial charge in [-0.1, -0.05) is 53.6 Å². The first kappa shape index (κ1) is 64.3. The van der Waals surface area contributed by atoms with Crippen LogP contribution in [0.25, 0.3) is 11.1 Å². The third-order valence-electron chi connectivity index (χ3n) is 16.3. The lowest BCUT2D eigenvalue weighted by Crippen LogP contribution is -2.56. The summed E-state index contributed by atoms with van der Waals surface area (Å²) in [5.41, 5.74) is 13.3. The Bertz CT molecular complexity index is 3620. The maximum atomic E-state index is 15.1. The Morgan fingerprint density at radius 3 is 2.24 bits per heavy atom. The van der Waals surface area contributed by atoms with Crippen LogP contribution in [-0.2, 0) is 41.6 Å². The summed E-state index contributed by atoms with van der Waals surface area (Å²) < 4.78 is 51.1. The van der Waals surface area contributed by atoms with Crippen molar-refractivity contribution in [2.45, 2.75) is 77.4 Å². The van der Waals surface area contributed by atoms with Crippen molar-refractivity contribution in [3.8, 4) is 28.7 Å². The van der Waals surface area contributed by atoms with Gasteiger partial charge in [0.05, 0.1) is 108 Å². The van der Waals surface area contributed by atoms with Gasteiger partial charge < -0.3 is 59.1 Å². The van der Waals surface area contributed by atoms with Gasteiger partial charge in [0.1, 0.15) is 47.6 Å². The van der Waals surface area contributed by atoms with Gasteiger partial charge in [-0.3, -0.25) is 29.0 Å². The summed E-state index contributed by atoms with van der Waals surface area (Å²) in [4.78, 5) is 74.3. The Labute approximate surface area is 528 Å². The molecule has 2 fully saturated rings. The number of aryl methyl sites for hydroxylation is 1. The maximum absolute atomic E-state index is 15.1. The number of benzene rings is 4. The third kappa shape index (κ3) is 15.0. The van der Waals surface area contributed by atoms with Gasteiger partial charge in [0.2, 0.25) is 11.8 Å². The Kier molecular flexibility index (Phi) is 21.3. The number of fused-ring (bicyclic) bond motifs is 8. The highest BCUT2D eigenvalue weighted by Crippen LogP contribution is 2.47. The molecule has 4 aliphatic rings. The highest BCUT2D eigenvalue weighted by atomic mass is 35.5. The minimum absolute atomic E-state index is 0.0587. The minimum Gasteiger partial charge on any atom is -0.497 e. The first-order chi connectivity index (χ1) is 43.6. The van der Waals surface area contributed by atoms with Crippen molar-refractivity contribution < 1.29 is 52.0 Å². The number of nitrogens with two attached hydrogens (primary N) is 1. The number of rotatable bonds is 24. The van der Waals surface area contributed by atoms with Crippen LogP contribution in [-0.4, -0.2) is 176 Å². The normalized spacial score (nSPS) is 17.3. The molecule has 0 radical (unpaired) electrons. The highest BCUT2D eigenvalue weighted by molar-refractivity contribution is 6.30. The number of amides is 5. The van der Waals surface area contributed by atoms with E-state index in [0.29, 0.717) is 127 Å². The van der Waals surface area contributed by atoms with Crippen molar-refractivity contribution in [3.63, 3.8) is 0 Å². The molecular weight excluding hydrogens is 1180 g/mol. The SMILES string of the molecule is COc1ccc(C2=N[C@@H](c3ccc(C)cc3)[C@@H](c3ccc(Cl)cc3)N2C(=O)N2CCN(CCOCCOCCOCCOCCC(=O)NCCn3nc(C#N)c4c3CN(C)C(=O)c3ccc(F)cc3[C@H]3CCCN3c3cc-4cnc3N)C(=O)C2)c(OC(C)C)c1. The summed E-state index contributed by atoms with van der Waals surface area (Å²) in [5, 5.41) is 18.4. The quantitative estimate of drug-likeness (QED) is 0.0541. The van der Waals surface area contributed by atoms with Gasteiger partial charge >= 0.3 is 6.03 Å². The molecule has 474 valence electrons. The van der Waals surface area contributed by atoms with Crippen molar-refractivity contribution in [3.05, 3.63) is 153 Å². The lowest BCUT2D eigenvalue weighted by Gasteiger charge is -2.38. The number of aliphatic imine (C=N–C) groups is 1. The summed E-state index contributed by atoms with van der Waals surface area (Å²) in [7, 11) is 3.24. The molecule has 3 N–H and O–H groups in total. The first-order valence-corrected chi connectivity index (χ1v) is 30.7. The number of methoxy groups -OCH3 is 1. The zero-order valence-electron chi connectivity index (χ0n) is 51.4. The number of anilines is 2. The number of carbonyl (C=O) groups is 4. The molecule has 6 aromatic rings. The van der Waals surface area contributed by atoms with Crippen molar-refractivity contribution in [1.29, 1.82) is 5.26 Å². The topological polar surface area (TPSA) is 245 Å². The standard InChI is InChI=1S/C66H76ClFN12O10/c1-42(2)90-57-37-49(85-5)17-19-51(57)64-73-61(44-10-8-43(3)9-11-44)62(45-12-14-47(67)15-13-45)80(64)66(84)77-25-24-76(59(82)41-77)26-28-87-30-32-89-34-33-88-31-29-86-27-20-58(81)71-21-23-79-56-40-75(4)65(83)50-18-16-48(68)36-52(50)54-7-6-22-78(54)55-35-46(39-72-63(55)70)60(56)53(38-69)74-79/h8-19,35-37,39,42,54,61-62H,6-7,20-34,40-41H2,1-5H3,(H2,70,72)(H,71,81)/t54-,61+,62-/m1/s1. The second-order valence-corrected chi connectivity index (χ2v) is 23.2. The lowest BCUT2D eigenvalue weighted by molar-refractivity contribution is -0.135. The van der Waals surface area contributed by atoms with E-state index >= 15 is 4.79 Å². The Morgan fingerprint density at radius 1 is 0.844 bits per heavy atom. The number of carbonyl (C=O) groups excluding carboxylic acids is 4. The zero-order chi connectivity index (χ0) is 63.4. The number of amidine groups is 1. The molecule has 0 saturated carbocycles. The third-order valence-corrected chi connectivity index (χ3v) is 16.5. The second-order valence-electron chi connectivity index (χ2n) is 22.7. The molecule has 0 unspecified atom stereocenters. The van der Waals surface area contributed by atoms with E-state index in [4.69, 9.17) is 50.7 Å². The number of hydrogen-bond acceptors (Lipinski definition) is 16. The Morgan fingerprint density at radius 2 is 1.54 bits per heavy atom. The summed E-state index contributed by atoms with van der Waals surface area (Å²) in [5.74, 6) is 0.590. The van der Waals surface area contributed by atoms with E-state index in [-0.39, 0.29) is 99.8 Å². The van der Waals surface area contributed by atoms with Crippen LogP contribution in [0.1, 0.15) is 101 Å². The molecule has 0 aliphatic carbocycles. The molecule has 2 bridgehead atoms. The van der Waals surface area contributed by atoms with Crippen LogP contribution in [0.2, 0.25) is 5.02 Å². The monoisotopic (exact) mass is 1250 g/mol. The molecule has 90 heavy (non-hydrogen) atoms. The van der Waals surface area contributed by atoms with Gasteiger partial charge in [-0.2, -0.15) is 10.4 Å². The molecule has 24 heteroatoms. The number of nitrogens with zero attached hydrogens (tertiary/aromatic N) is 10. The fourth-order valence-corrected chi connectivity index (χ4v) is 11.9. The number of aromatic nitrogens is 3. The van der Waals surface area contributed by atoms with Crippen LogP contribution < -0.4 is 25.4 Å². The predicted octanol–water partition coefficient (Wildman–Crippen LogP) is 8.30. The van der Waals surface area contributed by atoms with E-state index in [1.165, 1.54) is 23.1 Å². The van der Waals surface area contributed by atoms with E-state index in [9.17, 15) is 24.0 Å². The van der Waals surface area contributed by atoms with Gasteiger partial charge in [-0.05, 0) is 98.8 Å². The number of pyridine rings is 1. The molecule has 5 amide bonds. The van der Waals surface area contributed by atoms with Crippen LogP contribution >= 0.6 is 11.6 Å². The molecule has 22 nitrogen and oxygen atoms in total. The molecule has 6 heterocycles. The van der Waals surface area contributed by atoms with Gasteiger partial charge in [0.15, 0.2) is 5.69 Å². The predicted molar refractivity (Wildman–Crippen MR) is 336 cm³/mol. The van der Waals surface area contributed by atoms with Gasteiger partial charge in [0.25, 0.3) is 5.91 Å². The Balaban J connectivity index is 0.633. The van der Waals surface area contributed by atoms with Gasteiger partial charge in [0, 0.05) is 80.2 Å². The van der Waals surface area contributed by atoms with Crippen molar-refractivity contribution in [2.24, 2.45) is 4.99 Å². The molecule has 4 aromatic carbocycles. The number of nitrogens with one attached hydrogen (secondary N) is 1. The number of hydrogen-bond donors (Lipinski definition) is 2. The van der Waals surface area contributed by atoms with Crippen LogP contribution in [0.3, 0.4) is 0 Å². The van der Waals surface area contributed by atoms with Crippen molar-refractivity contribution in [2.75, 3.05) is 117 Å². The number of ether oxygens (including phenoxy) is 6. The first-order valence-electron chi connectivity index (χ1n) is 30.4. The van der Waals surface area contributed by atoms with Crippen LogP contribution in [0.15, 0.2) is 102 Å². The number of nitrogen functional groups attached to an aromatic ring is 1. The summed E-state index contributed by atoms with van der Waals surface area (Å²) >= 11 is 6.40. The van der Waals surface area contributed by atoms with E-state index < -0.39 is 17.9 Å². The summed E-state index contributed by atoms with van der Waals surface area (Å²) in [6.07, 6.45) is 2.98. The van der Waals surface area contributed by atoms with Gasteiger partial charge in [-0.25, -0.2) is 14.2 Å². The largest absolute Gasteiger partial charge is 0.497 e. The van der Waals surface area contributed by atoms with Crippen LogP contribution in [0.5, 0.6) is 11.5 Å². The smallest absolute Gasteiger partial charge is 0.326 e. The van der Waals surface area contributed by atoms with Gasteiger partial charge in [-0.15, -0.1) is 0 Å². The lowest BCUT2D eigenvalue weighted by atomic mass is 9.93. The molecular formula is C66H76ClFN12O10. The molecule has 4 aliphatic heterocycles. The fraction of sp³-hybridized carbons (Fsp3) is 0.424. The Hall–Kier alpha value is -8.66. The van der Waals surface area contributed by atoms with E-state index in [1.54, 1.807) is 57.9 Å². The fourth-order valence-electron chi connectivity index (χ4n) is 11.8. The van der Waals surface area contributed by atoms with E-state index in [0.717, 1.165) is 23.1 Å². The number of urea groups is 1. The van der Waals surface area contributed by atoms with Crippen LogP contribution in [0.4, 0.5) is 20.7 Å². The summed E-state index contributed by atoms with van der Waals surface area (Å²) in [6.45, 7) is 10.0. The molecule has 0 spiro atoms.